The number of carboxylic acid groups (broad SMARTS) is 2. The summed E-state index contributed by atoms with van der Waals surface area (Å²) in [6, 6.07) is 3.18. The normalized spacial score (nSPS) is 9.44. The van der Waals surface area contributed by atoms with Gasteiger partial charge >= 0.3 is 11.9 Å². The Bertz CT molecular complexity index is 693. The van der Waals surface area contributed by atoms with Gasteiger partial charge in [0, 0.05) is 53.0 Å². The molecule has 0 saturated heterocycles. The third-order valence-electron chi connectivity index (χ3n) is 3.11. The number of rotatable bonds is 4. The first-order chi connectivity index (χ1) is 11.3. The molecule has 0 bridgehead atoms. The third kappa shape index (κ3) is 6.35. The van der Waals surface area contributed by atoms with E-state index in [9.17, 15) is 9.59 Å². The largest absolute Gasteiger partial charge is 0.477 e. The maximum absolute atomic E-state index is 10.6. The van der Waals surface area contributed by atoms with Crippen LogP contribution in [0, 0.1) is 0 Å². The molecule has 2 heterocycles. The SMILES string of the molecule is CCc1c(Cl)ccnc1C(=O)O.CCc1c(Cl)ccnc1C(=O)O.[Zn]. The molecule has 0 saturated carbocycles. The van der Waals surface area contributed by atoms with E-state index in [1.807, 2.05) is 13.8 Å². The summed E-state index contributed by atoms with van der Waals surface area (Å²) in [6.07, 6.45) is 3.94. The Morgan fingerprint density at radius 3 is 1.40 bits per heavy atom. The van der Waals surface area contributed by atoms with Crippen molar-refractivity contribution in [2.24, 2.45) is 0 Å². The summed E-state index contributed by atoms with van der Waals surface area (Å²) >= 11 is 11.5. The van der Waals surface area contributed by atoms with Crippen molar-refractivity contribution in [2.75, 3.05) is 0 Å². The van der Waals surface area contributed by atoms with Gasteiger partial charge in [-0.2, -0.15) is 0 Å². The van der Waals surface area contributed by atoms with Crippen molar-refractivity contribution in [2.45, 2.75) is 26.7 Å². The second-order valence-electron chi connectivity index (χ2n) is 4.56. The van der Waals surface area contributed by atoms with E-state index >= 15 is 0 Å². The van der Waals surface area contributed by atoms with Crippen molar-refractivity contribution >= 4 is 35.1 Å². The number of pyridine rings is 2. The molecule has 0 radical (unpaired) electrons. The number of hydrogen-bond acceptors (Lipinski definition) is 4. The van der Waals surface area contributed by atoms with Gasteiger partial charge in [0.05, 0.1) is 0 Å². The Hall–Kier alpha value is -1.56. The van der Waals surface area contributed by atoms with E-state index in [1.54, 1.807) is 12.1 Å². The Labute approximate surface area is 168 Å². The number of carbonyl (C=O) groups is 2. The van der Waals surface area contributed by atoms with Gasteiger partial charge in [-0.25, -0.2) is 19.6 Å². The van der Waals surface area contributed by atoms with Crippen LogP contribution in [0.4, 0.5) is 0 Å². The first-order valence-electron chi connectivity index (χ1n) is 7.06. The van der Waals surface area contributed by atoms with Crippen LogP contribution in [-0.4, -0.2) is 32.1 Å². The van der Waals surface area contributed by atoms with Crippen molar-refractivity contribution in [1.82, 2.24) is 9.97 Å². The standard InChI is InChI=1S/2C8H8ClNO2.Zn/c2*1-2-5-6(9)3-4-10-7(5)8(11)12;/h2*3-4H,2H2,1H3,(H,11,12);. The molecule has 0 aliphatic heterocycles. The first kappa shape index (κ1) is 23.4. The van der Waals surface area contributed by atoms with Crippen LogP contribution in [0.2, 0.25) is 10.0 Å². The first-order valence-corrected chi connectivity index (χ1v) is 7.82. The molecule has 0 spiro atoms. The topological polar surface area (TPSA) is 100 Å². The Morgan fingerprint density at radius 2 is 1.20 bits per heavy atom. The molecule has 2 rings (SSSR count). The fourth-order valence-electron chi connectivity index (χ4n) is 1.98. The number of carboxylic acids is 2. The van der Waals surface area contributed by atoms with Gasteiger partial charge in [-0.15, -0.1) is 0 Å². The minimum absolute atomic E-state index is 0. The van der Waals surface area contributed by atoms with Gasteiger partial charge in [0.25, 0.3) is 0 Å². The number of aromatic carboxylic acids is 2. The predicted octanol–water partition coefficient (Wildman–Crippen LogP) is 3.99. The Kier molecular flexibility index (Phi) is 10.4. The zero-order chi connectivity index (χ0) is 18.3. The van der Waals surface area contributed by atoms with Gasteiger partial charge in [-0.05, 0) is 25.0 Å². The Balaban J connectivity index is 0.000000443. The van der Waals surface area contributed by atoms with Crippen LogP contribution in [0.3, 0.4) is 0 Å². The van der Waals surface area contributed by atoms with Crippen LogP contribution in [0.1, 0.15) is 46.0 Å². The van der Waals surface area contributed by atoms with Gasteiger partial charge in [-0.1, -0.05) is 37.0 Å². The molecule has 0 atom stereocenters. The van der Waals surface area contributed by atoms with Gasteiger partial charge in [-0.3, -0.25) is 0 Å². The summed E-state index contributed by atoms with van der Waals surface area (Å²) in [5.41, 5.74) is 1.27. The molecule has 0 aliphatic carbocycles. The fourth-order valence-corrected chi connectivity index (χ4v) is 2.54. The summed E-state index contributed by atoms with van der Waals surface area (Å²) in [6.45, 7) is 3.69. The predicted molar refractivity (Wildman–Crippen MR) is 91.2 cm³/mol. The summed E-state index contributed by atoms with van der Waals surface area (Å²) in [5, 5.41) is 18.3. The minimum atomic E-state index is -1.03. The van der Waals surface area contributed by atoms with Gasteiger partial charge in [0.15, 0.2) is 11.4 Å². The maximum atomic E-state index is 10.6. The second kappa shape index (κ2) is 11.1. The van der Waals surface area contributed by atoms with Crippen LogP contribution in [-0.2, 0) is 32.3 Å². The molecule has 0 amide bonds. The second-order valence-corrected chi connectivity index (χ2v) is 5.37. The van der Waals surface area contributed by atoms with E-state index in [1.165, 1.54) is 12.4 Å². The summed E-state index contributed by atoms with van der Waals surface area (Å²) in [7, 11) is 0. The van der Waals surface area contributed by atoms with Crippen LogP contribution < -0.4 is 0 Å². The smallest absolute Gasteiger partial charge is 0.354 e. The summed E-state index contributed by atoms with van der Waals surface area (Å²) in [5.74, 6) is -2.07. The monoisotopic (exact) mass is 434 g/mol. The van der Waals surface area contributed by atoms with E-state index in [0.717, 1.165) is 0 Å². The van der Waals surface area contributed by atoms with Crippen molar-refractivity contribution < 1.29 is 39.3 Å². The Morgan fingerprint density at radius 1 is 0.880 bits per heavy atom. The van der Waals surface area contributed by atoms with E-state index in [0.29, 0.717) is 34.0 Å². The van der Waals surface area contributed by atoms with Crippen LogP contribution >= 0.6 is 23.2 Å². The molecular weight excluding hydrogens is 420 g/mol. The molecule has 0 fully saturated rings. The molecule has 25 heavy (non-hydrogen) atoms. The van der Waals surface area contributed by atoms with Crippen LogP contribution in [0.25, 0.3) is 0 Å². The van der Waals surface area contributed by atoms with Gasteiger partial charge in [0.2, 0.25) is 0 Å². The van der Waals surface area contributed by atoms with E-state index in [2.05, 4.69) is 9.97 Å². The van der Waals surface area contributed by atoms with Crippen molar-refractivity contribution in [1.29, 1.82) is 0 Å². The molecule has 2 aromatic heterocycles. The van der Waals surface area contributed by atoms with E-state index in [4.69, 9.17) is 33.4 Å². The van der Waals surface area contributed by atoms with E-state index in [-0.39, 0.29) is 30.9 Å². The number of nitrogens with zero attached hydrogens (tertiary/aromatic N) is 2. The minimum Gasteiger partial charge on any atom is -0.477 e. The van der Waals surface area contributed by atoms with Gasteiger partial charge < -0.3 is 10.2 Å². The molecule has 0 aliphatic rings. The average molecular weight is 437 g/mol. The molecule has 2 N–H and O–H groups in total. The number of hydrogen-bond donors (Lipinski definition) is 2. The number of aromatic nitrogens is 2. The zero-order valence-corrected chi connectivity index (χ0v) is 18.3. The van der Waals surface area contributed by atoms with Gasteiger partial charge in [0.1, 0.15) is 0 Å². The average Bonchev–Trinajstić information content (AvgIpc) is 2.54. The quantitative estimate of drug-likeness (QED) is 0.703. The number of halogens is 2. The molecule has 130 valence electrons. The zero-order valence-electron chi connectivity index (χ0n) is 13.8. The molecular formula is C16H16Cl2N2O4Zn. The van der Waals surface area contributed by atoms with Crippen LogP contribution in [0.5, 0.6) is 0 Å². The fraction of sp³-hybridized carbons (Fsp3) is 0.250. The molecule has 2 aromatic rings. The molecule has 9 heteroatoms. The molecule has 0 aromatic carbocycles. The molecule has 6 nitrogen and oxygen atoms in total. The van der Waals surface area contributed by atoms with Crippen molar-refractivity contribution in [3.8, 4) is 0 Å². The van der Waals surface area contributed by atoms with Crippen molar-refractivity contribution in [3.05, 3.63) is 57.1 Å². The summed E-state index contributed by atoms with van der Waals surface area (Å²) < 4.78 is 0. The maximum Gasteiger partial charge on any atom is 0.354 e. The van der Waals surface area contributed by atoms with E-state index < -0.39 is 11.9 Å². The third-order valence-corrected chi connectivity index (χ3v) is 3.82. The van der Waals surface area contributed by atoms with Crippen LogP contribution in [0.15, 0.2) is 24.5 Å². The van der Waals surface area contributed by atoms with Crippen molar-refractivity contribution in [3.63, 3.8) is 0 Å². The molecule has 0 unspecified atom stereocenters. The summed E-state index contributed by atoms with van der Waals surface area (Å²) in [4.78, 5) is 28.7.